The van der Waals surface area contributed by atoms with Gasteiger partial charge in [0.05, 0.1) is 0 Å². The Morgan fingerprint density at radius 3 is 2.00 bits per heavy atom. The van der Waals surface area contributed by atoms with Gasteiger partial charge in [-0.15, -0.1) is 12.4 Å². The molecule has 0 heterocycles. The summed E-state index contributed by atoms with van der Waals surface area (Å²) >= 11 is 6.55. The van der Waals surface area contributed by atoms with Crippen LogP contribution in [0.25, 0.3) is 0 Å². The largest absolute Gasteiger partial charge is 0.324 e. The summed E-state index contributed by atoms with van der Waals surface area (Å²) < 4.78 is 25.8. The Hall–Kier alpha value is 0.290. The number of hydrogen-bond acceptors (Lipinski definition) is 1. The Kier molecular flexibility index (Phi) is 6.91. The molecule has 1 aromatic rings. The molecule has 0 amide bonds. The molecule has 6 heteroatoms. The van der Waals surface area contributed by atoms with E-state index in [1.54, 1.807) is 12.1 Å². The monoisotopic (exact) mass is 363 g/mol. The van der Waals surface area contributed by atoms with Gasteiger partial charge in [-0.05, 0) is 23.8 Å². The minimum Gasteiger partial charge on any atom is -0.324 e. The van der Waals surface area contributed by atoms with Crippen LogP contribution < -0.4 is 5.73 Å². The molecule has 2 N–H and O–H groups in total. The van der Waals surface area contributed by atoms with Gasteiger partial charge in [0.1, 0.15) is 0 Å². The van der Waals surface area contributed by atoms with Crippen molar-refractivity contribution in [2.24, 2.45) is 5.73 Å². The molecule has 1 nitrogen and oxygen atoms in total. The molecule has 0 saturated heterocycles. The number of hydrogen-bond donors (Lipinski definition) is 1. The van der Waals surface area contributed by atoms with E-state index in [9.17, 15) is 8.78 Å². The third-order valence-corrected chi connectivity index (χ3v) is 2.66. The highest BCUT2D eigenvalue weighted by Gasteiger charge is 2.13. The van der Waals surface area contributed by atoms with Gasteiger partial charge in [-0.3, -0.25) is 0 Å². The number of halogens is 5. The van der Waals surface area contributed by atoms with Crippen LogP contribution in [-0.4, -0.2) is 6.43 Å². The van der Waals surface area contributed by atoms with E-state index in [4.69, 9.17) is 5.73 Å². The predicted molar refractivity (Wildman–Crippen MR) is 66.6 cm³/mol. The van der Waals surface area contributed by atoms with Crippen molar-refractivity contribution in [2.75, 3.05) is 0 Å². The smallest absolute Gasteiger partial charge is 0.240 e. The molecule has 0 fully saturated rings. The van der Waals surface area contributed by atoms with Crippen LogP contribution in [0.5, 0.6) is 0 Å². The minimum atomic E-state index is -2.37. The zero-order valence-electron chi connectivity index (χ0n) is 7.59. The third-order valence-electron chi connectivity index (χ3n) is 1.75. The van der Waals surface area contributed by atoms with Crippen LogP contribution in [0, 0.1) is 0 Å². The quantitative estimate of drug-likeness (QED) is 0.850. The fourth-order valence-electron chi connectivity index (χ4n) is 1.12. The predicted octanol–water partition coefficient (Wildman–Crippen LogP) is 4.29. The van der Waals surface area contributed by atoms with Crippen molar-refractivity contribution < 1.29 is 8.78 Å². The van der Waals surface area contributed by atoms with E-state index >= 15 is 0 Å². The Balaban J connectivity index is 0.00000196. The molecule has 0 aromatic heterocycles. The number of alkyl halides is 2. The lowest BCUT2D eigenvalue weighted by molar-refractivity contribution is 0.128. The van der Waals surface area contributed by atoms with Gasteiger partial charge in [0.15, 0.2) is 0 Å². The summed E-state index contributed by atoms with van der Waals surface area (Å²) in [6, 6.07) is 4.71. The number of rotatable bonds is 3. The number of nitrogens with two attached hydrogens (primary N) is 1. The molecule has 0 unspecified atom stereocenters. The van der Waals surface area contributed by atoms with Crippen LogP contribution in [0.4, 0.5) is 8.78 Å². The van der Waals surface area contributed by atoms with Crippen molar-refractivity contribution in [3.63, 3.8) is 0 Å². The molecule has 0 aliphatic carbocycles. The molecule has 0 radical (unpaired) electrons. The van der Waals surface area contributed by atoms with Gasteiger partial charge < -0.3 is 5.73 Å². The average molecular weight is 365 g/mol. The van der Waals surface area contributed by atoms with E-state index < -0.39 is 12.5 Å². The maximum Gasteiger partial charge on any atom is 0.240 e. The molecule has 1 aromatic carbocycles. The Labute approximate surface area is 110 Å². The van der Waals surface area contributed by atoms with Gasteiger partial charge in [0, 0.05) is 21.4 Å². The normalized spacial score (nSPS) is 12.4. The molecule has 0 spiro atoms. The van der Waals surface area contributed by atoms with Crippen molar-refractivity contribution >= 4 is 44.3 Å². The molecule has 86 valence electrons. The van der Waals surface area contributed by atoms with E-state index in [1.807, 2.05) is 6.07 Å². The van der Waals surface area contributed by atoms with Crippen LogP contribution in [0.15, 0.2) is 27.1 Å². The second kappa shape index (κ2) is 6.78. The van der Waals surface area contributed by atoms with E-state index in [2.05, 4.69) is 31.9 Å². The lowest BCUT2D eigenvalue weighted by atomic mass is 10.1. The zero-order chi connectivity index (χ0) is 10.7. The highest BCUT2D eigenvalue weighted by Crippen LogP contribution is 2.25. The second-order valence-electron chi connectivity index (χ2n) is 2.94. The summed E-state index contributed by atoms with van der Waals surface area (Å²) in [5.74, 6) is 0. The first-order valence-corrected chi connectivity index (χ1v) is 5.57. The summed E-state index contributed by atoms with van der Waals surface area (Å²) in [6.07, 6.45) is -2.69. The first kappa shape index (κ1) is 15.3. The molecular formula is C9H10Br2ClF2N. The average Bonchev–Trinajstić information content (AvgIpc) is 2.00. The fraction of sp³-hybridized carbons (Fsp3) is 0.333. The maximum atomic E-state index is 12.1. The van der Waals surface area contributed by atoms with Gasteiger partial charge in [0.25, 0.3) is 0 Å². The highest BCUT2D eigenvalue weighted by molar-refractivity contribution is 9.11. The standard InChI is InChI=1S/C9H9Br2F2N.ClH/c10-6-1-5(2-7(11)3-6)8(14)4-9(12)13;/h1-3,8-9H,4,14H2;1H/t8-;/m1./s1. The summed E-state index contributed by atoms with van der Waals surface area (Å²) in [5, 5.41) is 0. The van der Waals surface area contributed by atoms with Gasteiger partial charge >= 0.3 is 0 Å². The van der Waals surface area contributed by atoms with Crippen molar-refractivity contribution in [1.29, 1.82) is 0 Å². The van der Waals surface area contributed by atoms with Crippen LogP contribution >= 0.6 is 44.3 Å². The molecule has 0 saturated carbocycles. The maximum absolute atomic E-state index is 12.1. The molecule has 1 atom stereocenters. The number of benzene rings is 1. The van der Waals surface area contributed by atoms with Crippen LogP contribution in [0.2, 0.25) is 0 Å². The van der Waals surface area contributed by atoms with Crippen LogP contribution in [-0.2, 0) is 0 Å². The molecule has 0 aliphatic heterocycles. The molecule has 1 rings (SSSR count). The molecule has 0 aliphatic rings. The van der Waals surface area contributed by atoms with E-state index in [1.165, 1.54) is 0 Å². The minimum absolute atomic E-state index is 0. The van der Waals surface area contributed by atoms with Crippen molar-refractivity contribution in [3.8, 4) is 0 Å². The summed E-state index contributed by atoms with van der Waals surface area (Å²) in [7, 11) is 0. The van der Waals surface area contributed by atoms with Gasteiger partial charge in [0.2, 0.25) is 6.43 Å². The van der Waals surface area contributed by atoms with Crippen LogP contribution in [0.3, 0.4) is 0 Å². The fourth-order valence-corrected chi connectivity index (χ4v) is 2.45. The molecular weight excluding hydrogens is 355 g/mol. The lowest BCUT2D eigenvalue weighted by Crippen LogP contribution is -2.13. The zero-order valence-corrected chi connectivity index (χ0v) is 11.6. The Bertz CT molecular complexity index is 303. The summed E-state index contributed by atoms with van der Waals surface area (Å²) in [5.41, 5.74) is 6.31. The van der Waals surface area contributed by atoms with Gasteiger partial charge in [-0.25, -0.2) is 8.78 Å². The van der Waals surface area contributed by atoms with E-state index in [-0.39, 0.29) is 18.8 Å². The van der Waals surface area contributed by atoms with E-state index in [0.29, 0.717) is 5.56 Å². The molecule has 15 heavy (non-hydrogen) atoms. The topological polar surface area (TPSA) is 26.0 Å². The molecule has 0 bridgehead atoms. The lowest BCUT2D eigenvalue weighted by Gasteiger charge is -2.12. The van der Waals surface area contributed by atoms with Gasteiger partial charge in [-0.1, -0.05) is 31.9 Å². The first-order chi connectivity index (χ1) is 6.49. The summed E-state index contributed by atoms with van der Waals surface area (Å²) in [6.45, 7) is 0. The van der Waals surface area contributed by atoms with E-state index in [0.717, 1.165) is 8.95 Å². The van der Waals surface area contributed by atoms with Crippen molar-refractivity contribution in [3.05, 3.63) is 32.7 Å². The summed E-state index contributed by atoms with van der Waals surface area (Å²) in [4.78, 5) is 0. The second-order valence-corrected chi connectivity index (χ2v) is 4.77. The van der Waals surface area contributed by atoms with Crippen molar-refractivity contribution in [2.45, 2.75) is 18.9 Å². The first-order valence-electron chi connectivity index (χ1n) is 3.98. The SMILES string of the molecule is Cl.N[C@H](CC(F)F)c1cc(Br)cc(Br)c1. The van der Waals surface area contributed by atoms with Gasteiger partial charge in [-0.2, -0.15) is 0 Å². The van der Waals surface area contributed by atoms with Crippen LogP contribution in [0.1, 0.15) is 18.0 Å². The van der Waals surface area contributed by atoms with Crippen molar-refractivity contribution in [1.82, 2.24) is 0 Å². The Morgan fingerprint density at radius 2 is 1.60 bits per heavy atom. The third kappa shape index (κ3) is 5.24. The highest BCUT2D eigenvalue weighted by atomic mass is 79.9. The Morgan fingerprint density at radius 1 is 1.13 bits per heavy atom.